The van der Waals surface area contributed by atoms with E-state index in [-0.39, 0.29) is 19.4 Å². The zero-order valence-electron chi connectivity index (χ0n) is 31.2. The maximum atomic E-state index is 12.5. The van der Waals surface area contributed by atoms with E-state index in [1.165, 1.54) is 19.3 Å². The maximum Gasteiger partial charge on any atom is 0.472 e. The predicted octanol–water partition coefficient (Wildman–Crippen LogP) is 9.22. The number of aliphatic carboxylic acids is 1. The highest BCUT2D eigenvalue weighted by molar-refractivity contribution is 7.47. The summed E-state index contributed by atoms with van der Waals surface area (Å²) in [6, 6.07) is -1.53. The third-order valence-electron chi connectivity index (χ3n) is 7.50. The molecule has 0 radical (unpaired) electrons. The van der Waals surface area contributed by atoms with Crippen LogP contribution in [0.1, 0.15) is 136 Å². The standard InChI is InChI=1S/C39H66NO10P/c1-3-5-7-9-11-13-15-17-18-19-21-22-24-26-28-30-37(41)47-32-35(33-48-51(45,46)49-34-36(40)39(43)44)50-38(42)31-29-27-25-23-20-16-14-12-10-8-6-4-2/h5,7,11-14,17-18,21-22,35-36H,3-4,6,8-10,15-16,19-20,23-34,40H2,1-2H3,(H,43,44)(H,45,46)/b7-5+,13-11+,14-12+,18-17+,22-21+/t35-,36+/m1/s1. The molecule has 0 bridgehead atoms. The minimum Gasteiger partial charge on any atom is -0.480 e. The van der Waals surface area contributed by atoms with Crippen LogP contribution >= 0.6 is 7.82 Å². The van der Waals surface area contributed by atoms with E-state index in [0.29, 0.717) is 12.8 Å². The van der Waals surface area contributed by atoms with E-state index in [0.717, 1.165) is 77.0 Å². The van der Waals surface area contributed by atoms with Crippen LogP contribution in [0.15, 0.2) is 60.8 Å². The number of hydrogen-bond donors (Lipinski definition) is 3. The van der Waals surface area contributed by atoms with Crippen molar-refractivity contribution in [1.29, 1.82) is 0 Å². The lowest BCUT2D eigenvalue weighted by molar-refractivity contribution is -0.161. The smallest absolute Gasteiger partial charge is 0.472 e. The average Bonchev–Trinajstić information content (AvgIpc) is 3.10. The van der Waals surface area contributed by atoms with E-state index >= 15 is 0 Å². The lowest BCUT2D eigenvalue weighted by atomic mass is 10.1. The molecule has 0 saturated carbocycles. The van der Waals surface area contributed by atoms with Gasteiger partial charge in [0.1, 0.15) is 12.6 Å². The van der Waals surface area contributed by atoms with E-state index in [1.807, 2.05) is 0 Å². The Hall–Kier alpha value is -2.82. The molecule has 0 aliphatic heterocycles. The number of phosphoric ester groups is 1. The third kappa shape index (κ3) is 34.1. The molecule has 51 heavy (non-hydrogen) atoms. The van der Waals surface area contributed by atoms with Crippen molar-refractivity contribution in [3.8, 4) is 0 Å². The molecule has 11 nitrogen and oxygen atoms in total. The van der Waals surface area contributed by atoms with Crippen LogP contribution in [0.4, 0.5) is 0 Å². The van der Waals surface area contributed by atoms with Crippen LogP contribution in [0.25, 0.3) is 0 Å². The van der Waals surface area contributed by atoms with Gasteiger partial charge in [0.25, 0.3) is 0 Å². The first-order valence-corrected chi connectivity index (χ1v) is 20.3. The molecule has 0 aromatic heterocycles. The summed E-state index contributed by atoms with van der Waals surface area (Å²) in [6.07, 6.45) is 37.3. The molecule has 0 heterocycles. The predicted molar refractivity (Wildman–Crippen MR) is 203 cm³/mol. The number of allylic oxidation sites excluding steroid dienone is 10. The summed E-state index contributed by atoms with van der Waals surface area (Å²) in [5.74, 6) is -2.45. The van der Waals surface area contributed by atoms with Crippen LogP contribution in [-0.4, -0.2) is 59.9 Å². The van der Waals surface area contributed by atoms with Gasteiger partial charge in [-0.3, -0.25) is 23.4 Å². The molecule has 12 heteroatoms. The van der Waals surface area contributed by atoms with E-state index < -0.39 is 51.1 Å². The minimum absolute atomic E-state index is 0.139. The molecular weight excluding hydrogens is 673 g/mol. The summed E-state index contributed by atoms with van der Waals surface area (Å²) in [4.78, 5) is 45.7. The first-order chi connectivity index (χ1) is 24.6. The van der Waals surface area contributed by atoms with Gasteiger partial charge in [0.15, 0.2) is 6.10 Å². The Balaban J connectivity index is 4.54. The quantitative estimate of drug-likeness (QED) is 0.0249. The Morgan fingerprint density at radius 2 is 1.10 bits per heavy atom. The fourth-order valence-corrected chi connectivity index (χ4v) is 5.30. The van der Waals surface area contributed by atoms with Crippen LogP contribution in [0.5, 0.6) is 0 Å². The van der Waals surface area contributed by atoms with Gasteiger partial charge in [0.05, 0.1) is 13.2 Å². The van der Waals surface area contributed by atoms with Crippen molar-refractivity contribution in [2.75, 3.05) is 19.8 Å². The topological polar surface area (TPSA) is 172 Å². The number of carbonyl (C=O) groups is 3. The molecule has 3 atom stereocenters. The van der Waals surface area contributed by atoms with Crippen LogP contribution in [0, 0.1) is 0 Å². The van der Waals surface area contributed by atoms with E-state index in [1.54, 1.807) is 0 Å². The van der Waals surface area contributed by atoms with Crippen molar-refractivity contribution >= 4 is 25.7 Å². The van der Waals surface area contributed by atoms with Gasteiger partial charge >= 0.3 is 25.7 Å². The SMILES string of the molecule is CC/C=C/C/C=C/C/C=C/C/C=C/CCCCC(=O)OC[C@H](COP(=O)(O)OC[C@H](N)C(=O)O)OC(=O)CCCCCCC/C=C/CCCCC. The highest BCUT2D eigenvalue weighted by atomic mass is 31.2. The number of carboxylic acids is 1. The van der Waals surface area contributed by atoms with Crippen molar-refractivity contribution in [2.24, 2.45) is 5.73 Å². The molecule has 0 aliphatic carbocycles. The maximum absolute atomic E-state index is 12.5. The molecular formula is C39H66NO10P. The Morgan fingerprint density at radius 1 is 0.627 bits per heavy atom. The monoisotopic (exact) mass is 739 g/mol. The molecule has 0 amide bonds. The Kier molecular flexibility index (Phi) is 32.4. The number of carboxylic acid groups (broad SMARTS) is 1. The van der Waals surface area contributed by atoms with Crippen LogP contribution in [0.3, 0.4) is 0 Å². The second-order valence-corrected chi connectivity index (χ2v) is 13.8. The summed E-state index contributed by atoms with van der Waals surface area (Å²) in [5, 5.41) is 8.85. The van der Waals surface area contributed by atoms with E-state index in [2.05, 4.69) is 79.1 Å². The van der Waals surface area contributed by atoms with Crippen LogP contribution in [-0.2, 0) is 37.5 Å². The lowest BCUT2D eigenvalue weighted by Crippen LogP contribution is -2.34. The fraction of sp³-hybridized carbons (Fsp3) is 0.667. The van der Waals surface area contributed by atoms with Crippen molar-refractivity contribution in [3.63, 3.8) is 0 Å². The van der Waals surface area contributed by atoms with Gasteiger partial charge in [-0.2, -0.15) is 0 Å². The second-order valence-electron chi connectivity index (χ2n) is 12.3. The third-order valence-corrected chi connectivity index (χ3v) is 8.45. The van der Waals surface area contributed by atoms with Crippen LogP contribution < -0.4 is 5.73 Å². The Morgan fingerprint density at radius 3 is 1.71 bits per heavy atom. The average molecular weight is 740 g/mol. The summed E-state index contributed by atoms with van der Waals surface area (Å²) in [7, 11) is -4.72. The number of nitrogens with two attached hydrogens (primary N) is 1. The Labute approximate surface area is 307 Å². The largest absolute Gasteiger partial charge is 0.480 e. The summed E-state index contributed by atoms with van der Waals surface area (Å²) < 4.78 is 32.5. The molecule has 0 rings (SSSR count). The normalized spacial score (nSPS) is 14.6. The molecule has 0 fully saturated rings. The number of ether oxygens (including phenoxy) is 2. The van der Waals surface area contributed by atoms with Gasteiger partial charge in [-0.15, -0.1) is 0 Å². The first kappa shape index (κ1) is 48.2. The number of rotatable bonds is 34. The molecule has 4 N–H and O–H groups in total. The molecule has 292 valence electrons. The van der Waals surface area contributed by atoms with Gasteiger partial charge in [0, 0.05) is 12.8 Å². The number of hydrogen-bond acceptors (Lipinski definition) is 9. The number of unbranched alkanes of at least 4 members (excludes halogenated alkanes) is 10. The van der Waals surface area contributed by atoms with Gasteiger partial charge < -0.3 is 25.2 Å². The van der Waals surface area contributed by atoms with Crippen molar-refractivity contribution < 1.29 is 47.5 Å². The number of carbonyl (C=O) groups excluding carboxylic acids is 2. The van der Waals surface area contributed by atoms with Gasteiger partial charge in [-0.25, -0.2) is 4.57 Å². The lowest BCUT2D eigenvalue weighted by Gasteiger charge is -2.20. The van der Waals surface area contributed by atoms with E-state index in [4.69, 9.17) is 24.8 Å². The van der Waals surface area contributed by atoms with Gasteiger partial charge in [0.2, 0.25) is 0 Å². The summed E-state index contributed by atoms with van der Waals surface area (Å²) in [6.45, 7) is 2.57. The van der Waals surface area contributed by atoms with Crippen molar-refractivity contribution in [2.45, 2.75) is 148 Å². The first-order valence-electron chi connectivity index (χ1n) is 18.8. The molecule has 0 saturated heterocycles. The zero-order chi connectivity index (χ0) is 37.8. The highest BCUT2D eigenvalue weighted by Gasteiger charge is 2.28. The fourth-order valence-electron chi connectivity index (χ4n) is 4.52. The molecule has 0 aromatic rings. The molecule has 1 unspecified atom stereocenters. The van der Waals surface area contributed by atoms with E-state index in [9.17, 15) is 23.8 Å². The second kappa shape index (κ2) is 34.3. The number of phosphoric acid groups is 1. The Bertz CT molecular complexity index is 1100. The van der Waals surface area contributed by atoms with Crippen molar-refractivity contribution in [3.05, 3.63) is 60.8 Å². The number of esters is 2. The van der Waals surface area contributed by atoms with Gasteiger partial charge in [-0.05, 0) is 77.0 Å². The minimum atomic E-state index is -4.72. The zero-order valence-corrected chi connectivity index (χ0v) is 32.1. The van der Waals surface area contributed by atoms with Crippen LogP contribution in [0.2, 0.25) is 0 Å². The molecule has 0 spiro atoms. The molecule has 0 aromatic carbocycles. The van der Waals surface area contributed by atoms with Gasteiger partial charge in [-0.1, -0.05) is 107 Å². The molecule has 0 aliphatic rings. The highest BCUT2D eigenvalue weighted by Crippen LogP contribution is 2.43. The summed E-state index contributed by atoms with van der Waals surface area (Å²) in [5.41, 5.74) is 5.31. The summed E-state index contributed by atoms with van der Waals surface area (Å²) >= 11 is 0. The van der Waals surface area contributed by atoms with Crippen molar-refractivity contribution in [1.82, 2.24) is 0 Å².